The van der Waals surface area contributed by atoms with Crippen LogP contribution in [0.2, 0.25) is 0 Å². The van der Waals surface area contributed by atoms with Gasteiger partial charge >= 0.3 is 0 Å². The minimum Gasteiger partial charge on any atom is -0.371 e. The second kappa shape index (κ2) is 5.77. The molecule has 116 valence electrons. The molecule has 0 saturated carbocycles. The zero-order chi connectivity index (χ0) is 14.9. The molecule has 1 aromatic heterocycles. The lowest BCUT2D eigenvalue weighted by Gasteiger charge is -2.44. The van der Waals surface area contributed by atoms with Crippen LogP contribution in [0.5, 0.6) is 0 Å². The van der Waals surface area contributed by atoms with Crippen molar-refractivity contribution in [3.05, 3.63) is 17.5 Å². The number of nitrogens with zero attached hydrogens (tertiary/aromatic N) is 2. The standard InChI is InChI=1S/C15H23N3O3/c1-11(2)13-9-12(17-21-13)14(19)18-7-8-20-15(10-18)3-5-16-6-4-15/h9,11,16H,3-8,10H2,1-2H3. The third-order valence-electron chi connectivity index (χ3n) is 4.37. The van der Waals surface area contributed by atoms with Gasteiger partial charge in [-0.05, 0) is 25.9 Å². The third kappa shape index (κ3) is 2.96. The van der Waals surface area contributed by atoms with E-state index in [0.717, 1.165) is 31.7 Å². The van der Waals surface area contributed by atoms with E-state index in [9.17, 15) is 4.79 Å². The highest BCUT2D eigenvalue weighted by Crippen LogP contribution is 2.28. The van der Waals surface area contributed by atoms with Crippen molar-refractivity contribution in [2.45, 2.75) is 38.2 Å². The van der Waals surface area contributed by atoms with Gasteiger partial charge in [0.15, 0.2) is 5.69 Å². The number of carbonyl (C=O) groups is 1. The minimum absolute atomic E-state index is 0.0492. The zero-order valence-electron chi connectivity index (χ0n) is 12.7. The topological polar surface area (TPSA) is 67.6 Å². The van der Waals surface area contributed by atoms with Gasteiger partial charge in [0, 0.05) is 18.5 Å². The van der Waals surface area contributed by atoms with Crippen LogP contribution in [-0.4, -0.2) is 54.4 Å². The first-order valence-electron chi connectivity index (χ1n) is 7.70. The SMILES string of the molecule is CC(C)c1cc(C(=O)N2CCOC3(CCNCC3)C2)no1. The van der Waals surface area contributed by atoms with Crippen molar-refractivity contribution >= 4 is 5.91 Å². The van der Waals surface area contributed by atoms with Gasteiger partial charge < -0.3 is 19.5 Å². The van der Waals surface area contributed by atoms with Gasteiger partial charge in [0.25, 0.3) is 5.91 Å². The lowest BCUT2D eigenvalue weighted by Crippen LogP contribution is -2.57. The number of ether oxygens (including phenoxy) is 1. The number of amides is 1. The summed E-state index contributed by atoms with van der Waals surface area (Å²) in [6.07, 6.45) is 1.90. The number of carbonyl (C=O) groups excluding carboxylic acids is 1. The summed E-state index contributed by atoms with van der Waals surface area (Å²) in [5.41, 5.74) is 0.230. The molecule has 0 aromatic carbocycles. The molecule has 3 rings (SSSR count). The van der Waals surface area contributed by atoms with Gasteiger partial charge in [-0.3, -0.25) is 4.79 Å². The summed E-state index contributed by atoms with van der Waals surface area (Å²) >= 11 is 0. The lowest BCUT2D eigenvalue weighted by molar-refractivity contribution is -0.114. The molecule has 6 nitrogen and oxygen atoms in total. The first-order valence-corrected chi connectivity index (χ1v) is 7.70. The van der Waals surface area contributed by atoms with Crippen molar-refractivity contribution < 1.29 is 14.1 Å². The average molecular weight is 293 g/mol. The Morgan fingerprint density at radius 1 is 1.43 bits per heavy atom. The second-order valence-electron chi connectivity index (χ2n) is 6.28. The fraction of sp³-hybridized carbons (Fsp3) is 0.733. The fourth-order valence-corrected chi connectivity index (χ4v) is 3.03. The molecular weight excluding hydrogens is 270 g/mol. The summed E-state index contributed by atoms with van der Waals surface area (Å²) < 4.78 is 11.2. The maximum absolute atomic E-state index is 12.6. The molecular formula is C15H23N3O3. The molecule has 0 radical (unpaired) electrons. The van der Waals surface area contributed by atoms with Crippen molar-refractivity contribution in [3.8, 4) is 0 Å². The van der Waals surface area contributed by atoms with E-state index in [4.69, 9.17) is 9.26 Å². The van der Waals surface area contributed by atoms with Crippen molar-refractivity contribution in [1.82, 2.24) is 15.4 Å². The number of morpholine rings is 1. The Bertz CT molecular complexity index is 501. The number of nitrogens with one attached hydrogen (secondary N) is 1. The maximum atomic E-state index is 12.6. The Labute approximate surface area is 124 Å². The molecule has 1 aromatic rings. The predicted octanol–water partition coefficient (Wildman–Crippen LogP) is 1.39. The van der Waals surface area contributed by atoms with Crippen LogP contribution in [0.25, 0.3) is 0 Å². The molecule has 2 aliphatic heterocycles. The van der Waals surface area contributed by atoms with Crippen LogP contribution >= 0.6 is 0 Å². The zero-order valence-corrected chi connectivity index (χ0v) is 12.7. The predicted molar refractivity (Wildman–Crippen MR) is 77.3 cm³/mol. The highest BCUT2D eigenvalue weighted by atomic mass is 16.5. The Hall–Kier alpha value is -1.40. The molecule has 2 fully saturated rings. The maximum Gasteiger partial charge on any atom is 0.276 e. The van der Waals surface area contributed by atoms with E-state index in [1.807, 2.05) is 18.7 Å². The second-order valence-corrected chi connectivity index (χ2v) is 6.28. The van der Waals surface area contributed by atoms with E-state index in [1.54, 1.807) is 6.07 Å². The fourth-order valence-electron chi connectivity index (χ4n) is 3.03. The average Bonchev–Trinajstić information content (AvgIpc) is 2.97. The van der Waals surface area contributed by atoms with Crippen LogP contribution in [-0.2, 0) is 4.74 Å². The first kappa shape index (κ1) is 14.5. The quantitative estimate of drug-likeness (QED) is 0.892. The van der Waals surface area contributed by atoms with Crippen LogP contribution in [0, 0.1) is 0 Å². The molecule has 21 heavy (non-hydrogen) atoms. The number of hydrogen-bond acceptors (Lipinski definition) is 5. The number of rotatable bonds is 2. The Balaban J connectivity index is 1.71. The lowest BCUT2D eigenvalue weighted by atomic mass is 9.90. The molecule has 0 bridgehead atoms. The van der Waals surface area contributed by atoms with Gasteiger partial charge in [-0.1, -0.05) is 19.0 Å². The molecule has 1 N–H and O–H groups in total. The summed E-state index contributed by atoms with van der Waals surface area (Å²) in [6, 6.07) is 1.76. The van der Waals surface area contributed by atoms with Gasteiger partial charge in [-0.2, -0.15) is 0 Å². The summed E-state index contributed by atoms with van der Waals surface area (Å²) in [4.78, 5) is 14.5. The normalized spacial score (nSPS) is 22.0. The summed E-state index contributed by atoms with van der Waals surface area (Å²) in [7, 11) is 0. The van der Waals surface area contributed by atoms with E-state index in [0.29, 0.717) is 25.4 Å². The van der Waals surface area contributed by atoms with E-state index in [1.165, 1.54) is 0 Å². The molecule has 0 unspecified atom stereocenters. The molecule has 1 amide bonds. The van der Waals surface area contributed by atoms with E-state index < -0.39 is 0 Å². The third-order valence-corrected chi connectivity index (χ3v) is 4.37. The minimum atomic E-state index is -0.177. The van der Waals surface area contributed by atoms with Gasteiger partial charge in [-0.25, -0.2) is 0 Å². The van der Waals surface area contributed by atoms with Crippen LogP contribution in [0.1, 0.15) is 48.9 Å². The molecule has 0 atom stereocenters. The molecule has 6 heteroatoms. The summed E-state index contributed by atoms with van der Waals surface area (Å²) in [5, 5.41) is 7.26. The monoisotopic (exact) mass is 293 g/mol. The molecule has 2 saturated heterocycles. The highest BCUT2D eigenvalue weighted by Gasteiger charge is 2.39. The first-order chi connectivity index (χ1) is 10.1. The molecule has 3 heterocycles. The van der Waals surface area contributed by atoms with Crippen molar-refractivity contribution in [2.24, 2.45) is 0 Å². The van der Waals surface area contributed by atoms with Gasteiger partial charge in [0.05, 0.1) is 18.8 Å². The summed E-state index contributed by atoms with van der Waals surface area (Å²) in [6.45, 7) is 7.81. The molecule has 2 aliphatic rings. The van der Waals surface area contributed by atoms with Crippen LogP contribution in [0.3, 0.4) is 0 Å². The van der Waals surface area contributed by atoms with Crippen LogP contribution in [0.4, 0.5) is 0 Å². The van der Waals surface area contributed by atoms with E-state index in [-0.39, 0.29) is 17.4 Å². The van der Waals surface area contributed by atoms with Gasteiger partial charge in [-0.15, -0.1) is 0 Å². The van der Waals surface area contributed by atoms with Crippen molar-refractivity contribution in [2.75, 3.05) is 32.8 Å². The molecule has 0 aliphatic carbocycles. The number of hydrogen-bond donors (Lipinski definition) is 1. The largest absolute Gasteiger partial charge is 0.371 e. The highest BCUT2D eigenvalue weighted by molar-refractivity contribution is 5.92. The Morgan fingerprint density at radius 3 is 2.86 bits per heavy atom. The Morgan fingerprint density at radius 2 is 2.19 bits per heavy atom. The summed E-state index contributed by atoms with van der Waals surface area (Å²) in [5.74, 6) is 0.939. The number of piperidine rings is 1. The van der Waals surface area contributed by atoms with Crippen LogP contribution in [0.15, 0.2) is 10.6 Å². The molecule has 1 spiro atoms. The smallest absolute Gasteiger partial charge is 0.276 e. The van der Waals surface area contributed by atoms with E-state index in [2.05, 4.69) is 10.5 Å². The van der Waals surface area contributed by atoms with Gasteiger partial charge in [0.2, 0.25) is 0 Å². The van der Waals surface area contributed by atoms with Crippen molar-refractivity contribution in [1.29, 1.82) is 0 Å². The van der Waals surface area contributed by atoms with Crippen LogP contribution < -0.4 is 5.32 Å². The Kier molecular flexibility index (Phi) is 3.99. The number of aromatic nitrogens is 1. The van der Waals surface area contributed by atoms with Crippen molar-refractivity contribution in [3.63, 3.8) is 0 Å². The van der Waals surface area contributed by atoms with E-state index >= 15 is 0 Å². The van der Waals surface area contributed by atoms with Gasteiger partial charge in [0.1, 0.15) is 5.76 Å².